The van der Waals surface area contributed by atoms with E-state index < -0.39 is 0 Å². The van der Waals surface area contributed by atoms with Gasteiger partial charge in [-0.2, -0.15) is 5.10 Å². The molecular weight excluding hydrogens is 333 g/mol. The van der Waals surface area contributed by atoms with E-state index >= 15 is 0 Å². The topological polar surface area (TPSA) is 70.6 Å². The number of hydrogen-bond donors (Lipinski definition) is 2. The molecule has 6 heteroatoms. The summed E-state index contributed by atoms with van der Waals surface area (Å²) in [6, 6.07) is 15.3. The Morgan fingerprint density at radius 3 is 2.27 bits per heavy atom. The van der Waals surface area contributed by atoms with Crippen LogP contribution in [0.15, 0.2) is 59.7 Å². The van der Waals surface area contributed by atoms with Crippen molar-refractivity contribution < 1.29 is 14.0 Å². The number of hydrazone groups is 1. The van der Waals surface area contributed by atoms with Crippen molar-refractivity contribution in [2.45, 2.75) is 32.6 Å². The normalized spacial score (nSPS) is 11.1. The van der Waals surface area contributed by atoms with Crippen molar-refractivity contribution in [2.75, 3.05) is 5.32 Å². The van der Waals surface area contributed by atoms with Gasteiger partial charge in [0, 0.05) is 30.7 Å². The predicted molar refractivity (Wildman–Crippen MR) is 100 cm³/mol. The van der Waals surface area contributed by atoms with Crippen LogP contribution in [-0.2, 0) is 16.0 Å². The third-order valence-electron chi connectivity index (χ3n) is 3.70. The van der Waals surface area contributed by atoms with Crippen molar-refractivity contribution in [1.82, 2.24) is 5.43 Å². The van der Waals surface area contributed by atoms with Crippen LogP contribution in [0.3, 0.4) is 0 Å². The molecule has 26 heavy (non-hydrogen) atoms. The number of hydrogen-bond acceptors (Lipinski definition) is 3. The van der Waals surface area contributed by atoms with Gasteiger partial charge >= 0.3 is 0 Å². The summed E-state index contributed by atoms with van der Waals surface area (Å²) < 4.78 is 12.8. The van der Waals surface area contributed by atoms with Crippen LogP contribution in [0.1, 0.15) is 31.7 Å². The minimum atomic E-state index is -0.373. The fourth-order valence-corrected chi connectivity index (χ4v) is 2.26. The van der Waals surface area contributed by atoms with Crippen molar-refractivity contribution in [3.63, 3.8) is 0 Å². The standard InChI is InChI=1S/C20H22FN3O2/c1-2-17(14-15-6-4-3-5-7-15)23-24-20(26)13-12-19(25)22-18-10-8-16(21)9-11-18/h3-11H,2,12-14H2,1H3,(H,22,25)(H,24,26). The van der Waals surface area contributed by atoms with Gasteiger partial charge in [0.05, 0.1) is 0 Å². The minimum absolute atomic E-state index is 0.0266. The Labute approximate surface area is 152 Å². The molecule has 2 N–H and O–H groups in total. The smallest absolute Gasteiger partial charge is 0.240 e. The molecule has 5 nitrogen and oxygen atoms in total. The zero-order chi connectivity index (χ0) is 18.8. The molecule has 2 amide bonds. The Morgan fingerprint density at radius 2 is 1.62 bits per heavy atom. The van der Waals surface area contributed by atoms with Crippen LogP contribution < -0.4 is 10.7 Å². The van der Waals surface area contributed by atoms with Gasteiger partial charge in [-0.25, -0.2) is 9.82 Å². The number of anilines is 1. The van der Waals surface area contributed by atoms with Crippen molar-refractivity contribution >= 4 is 23.2 Å². The van der Waals surface area contributed by atoms with E-state index in [0.717, 1.165) is 17.7 Å². The highest BCUT2D eigenvalue weighted by Crippen LogP contribution is 2.09. The first-order valence-electron chi connectivity index (χ1n) is 8.50. The molecule has 0 spiro atoms. The largest absolute Gasteiger partial charge is 0.326 e. The predicted octanol–water partition coefficient (Wildman–Crippen LogP) is 3.67. The van der Waals surface area contributed by atoms with E-state index in [9.17, 15) is 14.0 Å². The van der Waals surface area contributed by atoms with Gasteiger partial charge in [-0.1, -0.05) is 37.3 Å². The molecule has 0 heterocycles. The maximum Gasteiger partial charge on any atom is 0.240 e. The molecule has 0 fully saturated rings. The lowest BCUT2D eigenvalue weighted by Gasteiger charge is -2.06. The number of amides is 2. The number of benzene rings is 2. The molecule has 0 atom stereocenters. The third-order valence-corrected chi connectivity index (χ3v) is 3.70. The molecule has 2 aromatic rings. The fraction of sp³-hybridized carbons (Fsp3) is 0.250. The fourth-order valence-electron chi connectivity index (χ4n) is 2.26. The molecule has 2 rings (SSSR count). The van der Waals surface area contributed by atoms with Gasteiger partial charge in [-0.15, -0.1) is 0 Å². The molecule has 2 aromatic carbocycles. The molecule has 0 bridgehead atoms. The van der Waals surface area contributed by atoms with E-state index in [1.807, 2.05) is 37.3 Å². The molecule has 136 valence electrons. The van der Waals surface area contributed by atoms with E-state index in [2.05, 4.69) is 15.8 Å². The highest BCUT2D eigenvalue weighted by atomic mass is 19.1. The summed E-state index contributed by atoms with van der Waals surface area (Å²) in [5.74, 6) is -1.00. The van der Waals surface area contributed by atoms with Gasteiger partial charge in [0.1, 0.15) is 5.82 Å². The lowest BCUT2D eigenvalue weighted by atomic mass is 10.1. The number of carbonyl (C=O) groups is 2. The van der Waals surface area contributed by atoms with E-state index in [4.69, 9.17) is 0 Å². The van der Waals surface area contributed by atoms with Gasteiger partial charge < -0.3 is 5.32 Å². The van der Waals surface area contributed by atoms with E-state index in [-0.39, 0.29) is 30.5 Å². The van der Waals surface area contributed by atoms with Crippen LogP contribution in [-0.4, -0.2) is 17.5 Å². The van der Waals surface area contributed by atoms with Crippen LogP contribution in [0.4, 0.5) is 10.1 Å². The van der Waals surface area contributed by atoms with E-state index in [1.54, 1.807) is 0 Å². The van der Waals surface area contributed by atoms with Gasteiger partial charge in [-0.3, -0.25) is 9.59 Å². The summed E-state index contributed by atoms with van der Waals surface area (Å²) in [5.41, 5.74) is 4.98. The van der Waals surface area contributed by atoms with E-state index in [1.165, 1.54) is 24.3 Å². The summed E-state index contributed by atoms with van der Waals surface area (Å²) in [7, 11) is 0. The maximum atomic E-state index is 12.8. The lowest BCUT2D eigenvalue weighted by Crippen LogP contribution is -2.22. The van der Waals surface area contributed by atoms with Crippen LogP contribution in [0.25, 0.3) is 0 Å². The van der Waals surface area contributed by atoms with Crippen LogP contribution >= 0.6 is 0 Å². The van der Waals surface area contributed by atoms with Gasteiger partial charge in [0.25, 0.3) is 0 Å². The van der Waals surface area contributed by atoms with Gasteiger partial charge in [0.15, 0.2) is 0 Å². The first-order chi connectivity index (χ1) is 12.6. The Morgan fingerprint density at radius 1 is 0.962 bits per heavy atom. The SMILES string of the molecule is CCC(Cc1ccccc1)=NNC(=O)CCC(=O)Nc1ccc(F)cc1. The highest BCUT2D eigenvalue weighted by molar-refractivity contribution is 5.93. The Hall–Kier alpha value is -3.02. The number of halogens is 1. The molecule has 0 aromatic heterocycles. The Bertz CT molecular complexity index is 758. The minimum Gasteiger partial charge on any atom is -0.326 e. The van der Waals surface area contributed by atoms with E-state index in [0.29, 0.717) is 12.1 Å². The molecule has 0 aliphatic heterocycles. The van der Waals surface area contributed by atoms with Crippen molar-refractivity contribution in [1.29, 1.82) is 0 Å². The van der Waals surface area contributed by atoms with Crippen molar-refractivity contribution in [3.8, 4) is 0 Å². The van der Waals surface area contributed by atoms with Crippen molar-refractivity contribution in [3.05, 3.63) is 66.0 Å². The van der Waals surface area contributed by atoms with Gasteiger partial charge in [-0.05, 0) is 36.2 Å². The van der Waals surface area contributed by atoms with Crippen LogP contribution in [0, 0.1) is 5.82 Å². The molecule has 0 radical (unpaired) electrons. The van der Waals surface area contributed by atoms with Crippen molar-refractivity contribution in [2.24, 2.45) is 5.10 Å². The first kappa shape index (κ1) is 19.3. The summed E-state index contributed by atoms with van der Waals surface area (Å²) in [5, 5.41) is 6.76. The molecule has 0 unspecified atom stereocenters. The average molecular weight is 355 g/mol. The summed E-state index contributed by atoms with van der Waals surface area (Å²) in [4.78, 5) is 23.7. The quantitative estimate of drug-likeness (QED) is 0.560. The molecule has 0 saturated carbocycles. The second-order valence-electron chi connectivity index (χ2n) is 5.78. The number of rotatable bonds is 8. The zero-order valence-electron chi connectivity index (χ0n) is 14.7. The Balaban J connectivity index is 1.76. The Kier molecular flexibility index (Phi) is 7.49. The average Bonchev–Trinajstić information content (AvgIpc) is 2.66. The monoisotopic (exact) mass is 355 g/mol. The summed E-state index contributed by atoms with van der Waals surface area (Å²) in [6.07, 6.45) is 1.45. The molecular formula is C20H22FN3O2. The highest BCUT2D eigenvalue weighted by Gasteiger charge is 2.08. The molecule has 0 aliphatic carbocycles. The zero-order valence-corrected chi connectivity index (χ0v) is 14.7. The second kappa shape index (κ2) is 10.1. The van der Waals surface area contributed by atoms with Gasteiger partial charge in [0.2, 0.25) is 11.8 Å². The number of carbonyl (C=O) groups excluding carboxylic acids is 2. The third kappa shape index (κ3) is 6.84. The maximum absolute atomic E-state index is 12.8. The second-order valence-corrected chi connectivity index (χ2v) is 5.78. The molecule has 0 saturated heterocycles. The molecule has 0 aliphatic rings. The van der Waals surface area contributed by atoms with Crippen LogP contribution in [0.5, 0.6) is 0 Å². The van der Waals surface area contributed by atoms with Crippen LogP contribution in [0.2, 0.25) is 0 Å². The summed E-state index contributed by atoms with van der Waals surface area (Å²) >= 11 is 0. The lowest BCUT2D eigenvalue weighted by molar-refractivity contribution is -0.124. The number of nitrogens with zero attached hydrogens (tertiary/aromatic N) is 1. The number of nitrogens with one attached hydrogen (secondary N) is 2. The summed E-state index contributed by atoms with van der Waals surface area (Å²) in [6.45, 7) is 1.98. The first-order valence-corrected chi connectivity index (χ1v) is 8.50.